The summed E-state index contributed by atoms with van der Waals surface area (Å²) < 4.78 is 0. The molecule has 172 valence electrons. The fourth-order valence-corrected chi connectivity index (χ4v) is 6.12. The van der Waals surface area contributed by atoms with Crippen LogP contribution in [0.1, 0.15) is 88.3 Å². The number of nitrogens with two attached hydrogens (primary N) is 1. The first kappa shape index (κ1) is 23.0. The molecule has 2 heterocycles. The van der Waals surface area contributed by atoms with E-state index in [9.17, 15) is 9.59 Å². The highest BCUT2D eigenvalue weighted by Gasteiger charge is 2.37. The van der Waals surface area contributed by atoms with Crippen LogP contribution >= 0.6 is 11.3 Å². The standard InChI is InChI=1S/C26H35N3O2S/c1-25(2)11-12-26(3,4)20-15-18(5-6-19(20)25)21-16-32-24(28-21)17-9-13-29(14-10-17)23(31)8-7-22(27)30/h5-6,15-17H,7-14H2,1-4H3,(H2,27,30). The second kappa shape index (κ2) is 8.62. The number of carbonyl (C=O) groups excluding carboxylic acids is 2. The summed E-state index contributed by atoms with van der Waals surface area (Å²) >= 11 is 1.74. The van der Waals surface area contributed by atoms with Gasteiger partial charge in [0.1, 0.15) is 0 Å². The Labute approximate surface area is 195 Å². The van der Waals surface area contributed by atoms with E-state index in [1.807, 2.05) is 4.90 Å². The van der Waals surface area contributed by atoms with Crippen molar-refractivity contribution in [3.8, 4) is 11.3 Å². The summed E-state index contributed by atoms with van der Waals surface area (Å²) in [6.45, 7) is 10.9. The average molecular weight is 454 g/mol. The third-order valence-corrected chi connectivity index (χ3v) is 8.46. The first-order valence-electron chi connectivity index (χ1n) is 11.7. The minimum Gasteiger partial charge on any atom is -0.370 e. The number of piperidine rings is 1. The minimum atomic E-state index is -0.419. The molecule has 2 aromatic rings. The molecular weight excluding hydrogens is 418 g/mol. The number of thiazole rings is 1. The highest BCUT2D eigenvalue weighted by Crippen LogP contribution is 2.47. The number of hydrogen-bond donors (Lipinski definition) is 1. The molecular formula is C26H35N3O2S. The van der Waals surface area contributed by atoms with E-state index in [4.69, 9.17) is 10.7 Å². The molecule has 1 aliphatic heterocycles. The SMILES string of the molecule is CC1(C)CCC(C)(C)c2cc(-c3csc(C4CCN(C(=O)CCC(N)=O)CC4)n3)ccc21. The van der Waals surface area contributed by atoms with E-state index >= 15 is 0 Å². The first-order valence-corrected chi connectivity index (χ1v) is 12.6. The molecule has 4 rings (SSSR count). The zero-order valence-electron chi connectivity index (χ0n) is 19.7. The van der Waals surface area contributed by atoms with Gasteiger partial charge in [0.05, 0.1) is 10.7 Å². The third-order valence-electron chi connectivity index (χ3n) is 7.45. The molecule has 0 atom stereocenters. The number of amides is 2. The van der Waals surface area contributed by atoms with Crippen LogP contribution in [0.4, 0.5) is 0 Å². The zero-order valence-corrected chi connectivity index (χ0v) is 20.6. The maximum atomic E-state index is 12.3. The molecule has 0 spiro atoms. The molecule has 1 aliphatic carbocycles. The van der Waals surface area contributed by atoms with Gasteiger partial charge in [0, 0.05) is 42.8 Å². The van der Waals surface area contributed by atoms with Crippen LogP contribution in [-0.2, 0) is 20.4 Å². The van der Waals surface area contributed by atoms with Crippen LogP contribution in [0.2, 0.25) is 0 Å². The Hall–Kier alpha value is -2.21. The first-order chi connectivity index (χ1) is 15.1. The predicted molar refractivity (Wildman–Crippen MR) is 130 cm³/mol. The molecule has 5 nitrogen and oxygen atoms in total. The molecule has 2 aliphatic rings. The van der Waals surface area contributed by atoms with Crippen LogP contribution in [0.3, 0.4) is 0 Å². The monoisotopic (exact) mass is 453 g/mol. The van der Waals surface area contributed by atoms with Crippen molar-refractivity contribution >= 4 is 23.2 Å². The predicted octanol–water partition coefficient (Wildman–Crippen LogP) is 5.13. The molecule has 1 fully saturated rings. The van der Waals surface area contributed by atoms with Gasteiger partial charge in [0.25, 0.3) is 0 Å². The smallest absolute Gasteiger partial charge is 0.223 e. The number of fused-ring (bicyclic) bond motifs is 1. The quantitative estimate of drug-likeness (QED) is 0.682. The van der Waals surface area contributed by atoms with Crippen molar-refractivity contribution in [2.24, 2.45) is 5.73 Å². The number of primary amides is 1. The molecule has 1 aromatic carbocycles. The van der Waals surface area contributed by atoms with Crippen molar-refractivity contribution in [2.45, 2.75) is 83.0 Å². The van der Waals surface area contributed by atoms with Crippen LogP contribution in [0.25, 0.3) is 11.3 Å². The van der Waals surface area contributed by atoms with Gasteiger partial charge in [-0.25, -0.2) is 4.98 Å². The van der Waals surface area contributed by atoms with Gasteiger partial charge in [-0.3, -0.25) is 9.59 Å². The normalized spacial score (nSPS) is 20.1. The van der Waals surface area contributed by atoms with E-state index in [0.717, 1.165) is 31.6 Å². The van der Waals surface area contributed by atoms with E-state index in [1.165, 1.54) is 34.5 Å². The van der Waals surface area contributed by atoms with Gasteiger partial charge in [-0.1, -0.05) is 39.8 Å². The van der Waals surface area contributed by atoms with Gasteiger partial charge >= 0.3 is 0 Å². The molecule has 0 unspecified atom stereocenters. The maximum Gasteiger partial charge on any atom is 0.223 e. The molecule has 2 amide bonds. The van der Waals surface area contributed by atoms with E-state index in [-0.39, 0.29) is 29.6 Å². The molecule has 1 saturated heterocycles. The third kappa shape index (κ3) is 4.61. The van der Waals surface area contributed by atoms with Gasteiger partial charge in [-0.15, -0.1) is 11.3 Å². The molecule has 1 aromatic heterocycles. The largest absolute Gasteiger partial charge is 0.370 e. The van der Waals surface area contributed by atoms with Crippen molar-refractivity contribution in [1.82, 2.24) is 9.88 Å². The molecule has 6 heteroatoms. The lowest BCUT2D eigenvalue weighted by Crippen LogP contribution is -2.38. The molecule has 0 radical (unpaired) electrons. The van der Waals surface area contributed by atoms with Crippen LogP contribution in [0, 0.1) is 0 Å². The molecule has 32 heavy (non-hydrogen) atoms. The van der Waals surface area contributed by atoms with Crippen molar-refractivity contribution < 1.29 is 9.59 Å². The average Bonchev–Trinajstić information content (AvgIpc) is 3.25. The lowest BCUT2D eigenvalue weighted by molar-refractivity contribution is -0.134. The van der Waals surface area contributed by atoms with E-state index in [0.29, 0.717) is 5.92 Å². The molecule has 0 saturated carbocycles. The Morgan fingerprint density at radius 3 is 2.38 bits per heavy atom. The van der Waals surface area contributed by atoms with Gasteiger partial charge in [0.15, 0.2) is 0 Å². The van der Waals surface area contributed by atoms with Gasteiger partial charge < -0.3 is 10.6 Å². The van der Waals surface area contributed by atoms with Crippen LogP contribution < -0.4 is 5.73 Å². The highest BCUT2D eigenvalue weighted by atomic mass is 32.1. The number of likely N-dealkylation sites (tertiary alicyclic amines) is 1. The van der Waals surface area contributed by atoms with Crippen molar-refractivity contribution in [1.29, 1.82) is 0 Å². The van der Waals surface area contributed by atoms with Gasteiger partial charge in [-0.2, -0.15) is 0 Å². The number of carbonyl (C=O) groups is 2. The van der Waals surface area contributed by atoms with Gasteiger partial charge in [0.2, 0.25) is 11.8 Å². The Kier molecular flexibility index (Phi) is 6.19. The van der Waals surface area contributed by atoms with E-state index in [1.54, 1.807) is 11.3 Å². The fraction of sp³-hybridized carbons (Fsp3) is 0.577. The highest BCUT2D eigenvalue weighted by molar-refractivity contribution is 7.10. The summed E-state index contributed by atoms with van der Waals surface area (Å²) in [6, 6.07) is 6.93. The maximum absolute atomic E-state index is 12.3. The van der Waals surface area contributed by atoms with Crippen LogP contribution in [-0.4, -0.2) is 34.8 Å². The Morgan fingerprint density at radius 2 is 1.72 bits per heavy atom. The Balaban J connectivity index is 1.46. The number of rotatable bonds is 5. The van der Waals surface area contributed by atoms with Crippen molar-refractivity contribution in [3.63, 3.8) is 0 Å². The molecule has 2 N–H and O–H groups in total. The topological polar surface area (TPSA) is 76.3 Å². The fourth-order valence-electron chi connectivity index (χ4n) is 5.12. The number of benzene rings is 1. The Bertz CT molecular complexity index is 1020. The summed E-state index contributed by atoms with van der Waals surface area (Å²) in [5, 5.41) is 3.35. The second-order valence-corrected chi connectivity index (χ2v) is 11.6. The minimum absolute atomic E-state index is 0.0293. The second-order valence-electron chi connectivity index (χ2n) is 10.7. The van der Waals surface area contributed by atoms with Gasteiger partial charge in [-0.05, 0) is 53.7 Å². The van der Waals surface area contributed by atoms with Crippen molar-refractivity contribution in [3.05, 3.63) is 39.7 Å². The molecule has 0 bridgehead atoms. The van der Waals surface area contributed by atoms with Crippen LogP contribution in [0.5, 0.6) is 0 Å². The van der Waals surface area contributed by atoms with Crippen molar-refractivity contribution in [2.75, 3.05) is 13.1 Å². The number of hydrogen-bond acceptors (Lipinski definition) is 4. The summed E-state index contributed by atoms with van der Waals surface area (Å²) in [5.74, 6) is 0.00120. The summed E-state index contributed by atoms with van der Waals surface area (Å²) in [6.07, 6.45) is 4.60. The zero-order chi connectivity index (χ0) is 23.1. The van der Waals surface area contributed by atoms with E-state index < -0.39 is 5.91 Å². The summed E-state index contributed by atoms with van der Waals surface area (Å²) in [4.78, 5) is 30.1. The van der Waals surface area contributed by atoms with Crippen LogP contribution in [0.15, 0.2) is 23.6 Å². The number of nitrogens with zero attached hydrogens (tertiary/aromatic N) is 2. The lowest BCUT2D eigenvalue weighted by atomic mass is 9.63. The Morgan fingerprint density at radius 1 is 1.06 bits per heavy atom. The summed E-state index contributed by atoms with van der Waals surface area (Å²) in [5.41, 5.74) is 10.8. The number of aromatic nitrogens is 1. The van der Waals surface area contributed by atoms with E-state index in [2.05, 4.69) is 51.3 Å². The lowest BCUT2D eigenvalue weighted by Gasteiger charge is -2.42. The summed E-state index contributed by atoms with van der Waals surface area (Å²) in [7, 11) is 0.